The predicted octanol–water partition coefficient (Wildman–Crippen LogP) is 2.39. The minimum atomic E-state index is -0.969. The summed E-state index contributed by atoms with van der Waals surface area (Å²) >= 11 is 0. The molecule has 2 aliphatic rings. The maximum absolute atomic E-state index is 12.2. The lowest BCUT2D eigenvalue weighted by atomic mass is 9.97. The van der Waals surface area contributed by atoms with E-state index in [9.17, 15) is 9.59 Å². The third-order valence-electron chi connectivity index (χ3n) is 3.41. The van der Waals surface area contributed by atoms with Crippen LogP contribution in [0, 0.1) is 0 Å². The topological polar surface area (TPSA) is 61.8 Å². The van der Waals surface area contributed by atoms with Crippen molar-refractivity contribution in [2.24, 2.45) is 0 Å². The Labute approximate surface area is 122 Å². The highest BCUT2D eigenvalue weighted by Crippen LogP contribution is 2.34. The van der Waals surface area contributed by atoms with Crippen LogP contribution in [0.3, 0.4) is 0 Å². The molecule has 3 rings (SSSR count). The molecule has 0 bridgehead atoms. The molecule has 0 amide bonds. The quantitative estimate of drug-likeness (QED) is 0.782. The molecule has 2 aliphatic heterocycles. The van der Waals surface area contributed by atoms with Crippen LogP contribution in [0.2, 0.25) is 0 Å². The van der Waals surface area contributed by atoms with Crippen LogP contribution in [-0.2, 0) is 20.7 Å². The van der Waals surface area contributed by atoms with Crippen LogP contribution in [0.4, 0.5) is 0 Å². The van der Waals surface area contributed by atoms with E-state index in [1.54, 1.807) is 19.9 Å². The Balaban J connectivity index is 1.89. The second-order valence-electron chi connectivity index (χ2n) is 5.62. The van der Waals surface area contributed by atoms with E-state index in [0.29, 0.717) is 24.2 Å². The number of esters is 1. The van der Waals surface area contributed by atoms with Crippen molar-refractivity contribution in [3.8, 4) is 5.75 Å². The van der Waals surface area contributed by atoms with Crippen LogP contribution in [0.15, 0.2) is 30.5 Å². The zero-order valence-electron chi connectivity index (χ0n) is 11.9. The van der Waals surface area contributed by atoms with E-state index in [1.807, 2.05) is 12.1 Å². The Morgan fingerprint density at radius 1 is 1.24 bits per heavy atom. The number of hydrogen-bond donors (Lipinski definition) is 0. The van der Waals surface area contributed by atoms with Crippen molar-refractivity contribution in [3.05, 3.63) is 41.7 Å². The molecule has 0 radical (unpaired) electrons. The predicted molar refractivity (Wildman–Crippen MR) is 73.9 cm³/mol. The van der Waals surface area contributed by atoms with E-state index in [0.717, 1.165) is 5.56 Å². The van der Waals surface area contributed by atoms with Gasteiger partial charge in [-0.25, -0.2) is 4.79 Å². The largest absolute Gasteiger partial charge is 0.497 e. The van der Waals surface area contributed by atoms with E-state index < -0.39 is 11.8 Å². The van der Waals surface area contributed by atoms with E-state index in [2.05, 4.69) is 0 Å². The molecule has 1 aromatic rings. The molecule has 0 spiro atoms. The van der Waals surface area contributed by atoms with Crippen LogP contribution in [0.1, 0.15) is 36.2 Å². The summed E-state index contributed by atoms with van der Waals surface area (Å²) in [7, 11) is 0. The SMILES string of the molecule is CC1(C)OC(=O)c2c(CC3CC(=O)C=CO3)cccc2O1. The molecule has 0 saturated heterocycles. The molecule has 1 unspecified atom stereocenters. The summed E-state index contributed by atoms with van der Waals surface area (Å²) in [6.07, 6.45) is 3.32. The first kappa shape index (κ1) is 13.7. The number of allylic oxidation sites excluding steroid dienone is 1. The molecule has 5 nitrogen and oxygen atoms in total. The van der Waals surface area contributed by atoms with Crippen LogP contribution in [-0.4, -0.2) is 23.6 Å². The van der Waals surface area contributed by atoms with Gasteiger partial charge in [0.2, 0.25) is 5.79 Å². The van der Waals surface area contributed by atoms with Gasteiger partial charge in [0.05, 0.1) is 6.26 Å². The molecular weight excluding hydrogens is 272 g/mol. The van der Waals surface area contributed by atoms with E-state index in [4.69, 9.17) is 14.2 Å². The average molecular weight is 288 g/mol. The van der Waals surface area contributed by atoms with Gasteiger partial charge in [0.25, 0.3) is 0 Å². The summed E-state index contributed by atoms with van der Waals surface area (Å²) in [4.78, 5) is 23.6. The highest BCUT2D eigenvalue weighted by molar-refractivity contribution is 5.95. The number of cyclic esters (lactones) is 1. The number of benzene rings is 1. The van der Waals surface area contributed by atoms with Crippen molar-refractivity contribution in [1.82, 2.24) is 0 Å². The van der Waals surface area contributed by atoms with Gasteiger partial charge in [-0.3, -0.25) is 4.79 Å². The number of ether oxygens (including phenoxy) is 3. The summed E-state index contributed by atoms with van der Waals surface area (Å²) in [6, 6.07) is 5.39. The van der Waals surface area contributed by atoms with E-state index >= 15 is 0 Å². The van der Waals surface area contributed by atoms with Crippen LogP contribution >= 0.6 is 0 Å². The normalized spacial score (nSPS) is 22.9. The Hall–Kier alpha value is -2.30. The Morgan fingerprint density at radius 2 is 2.05 bits per heavy atom. The lowest BCUT2D eigenvalue weighted by Crippen LogP contribution is -2.39. The van der Waals surface area contributed by atoms with Crippen molar-refractivity contribution in [3.63, 3.8) is 0 Å². The van der Waals surface area contributed by atoms with Crippen LogP contribution in [0.25, 0.3) is 0 Å². The molecule has 1 aromatic carbocycles. The van der Waals surface area contributed by atoms with Gasteiger partial charge in [0, 0.05) is 32.8 Å². The maximum atomic E-state index is 12.2. The zero-order valence-corrected chi connectivity index (χ0v) is 11.9. The van der Waals surface area contributed by atoms with Gasteiger partial charge < -0.3 is 14.2 Å². The molecule has 0 fully saturated rings. The summed E-state index contributed by atoms with van der Waals surface area (Å²) in [5, 5.41) is 0. The van der Waals surface area contributed by atoms with Gasteiger partial charge in [-0.15, -0.1) is 0 Å². The number of carbonyl (C=O) groups is 2. The second kappa shape index (κ2) is 4.91. The molecule has 1 atom stereocenters. The molecular formula is C16H16O5. The van der Waals surface area contributed by atoms with Crippen molar-refractivity contribution in [1.29, 1.82) is 0 Å². The van der Waals surface area contributed by atoms with Crippen LogP contribution in [0.5, 0.6) is 5.75 Å². The van der Waals surface area contributed by atoms with Gasteiger partial charge in [-0.05, 0) is 11.6 Å². The Bertz CT molecular complexity index is 630. The van der Waals surface area contributed by atoms with Crippen molar-refractivity contribution < 1.29 is 23.8 Å². The molecule has 110 valence electrons. The van der Waals surface area contributed by atoms with Gasteiger partial charge >= 0.3 is 5.97 Å². The third-order valence-corrected chi connectivity index (χ3v) is 3.41. The van der Waals surface area contributed by atoms with Gasteiger partial charge in [-0.1, -0.05) is 12.1 Å². The molecule has 2 heterocycles. The third kappa shape index (κ3) is 2.77. The maximum Gasteiger partial charge on any atom is 0.345 e. The van der Waals surface area contributed by atoms with Crippen LogP contribution < -0.4 is 4.74 Å². The fourth-order valence-corrected chi connectivity index (χ4v) is 2.56. The molecule has 21 heavy (non-hydrogen) atoms. The van der Waals surface area contributed by atoms with Gasteiger partial charge in [0.15, 0.2) is 5.78 Å². The summed E-state index contributed by atoms with van der Waals surface area (Å²) in [5.41, 5.74) is 1.18. The average Bonchev–Trinajstić information content (AvgIpc) is 2.36. The number of hydrogen-bond acceptors (Lipinski definition) is 5. The summed E-state index contributed by atoms with van der Waals surface area (Å²) < 4.78 is 16.4. The molecule has 0 N–H and O–H groups in total. The van der Waals surface area contributed by atoms with Gasteiger partial charge in [0.1, 0.15) is 17.4 Å². The van der Waals surface area contributed by atoms with Crippen molar-refractivity contribution >= 4 is 11.8 Å². The molecule has 0 aromatic heterocycles. The lowest BCUT2D eigenvalue weighted by Gasteiger charge is -2.32. The smallest absolute Gasteiger partial charge is 0.345 e. The first-order valence-electron chi connectivity index (χ1n) is 6.84. The summed E-state index contributed by atoms with van der Waals surface area (Å²) in [6.45, 7) is 3.38. The highest BCUT2D eigenvalue weighted by atomic mass is 16.7. The lowest BCUT2D eigenvalue weighted by molar-refractivity contribution is -0.127. The zero-order chi connectivity index (χ0) is 15.0. The minimum Gasteiger partial charge on any atom is -0.497 e. The summed E-state index contributed by atoms with van der Waals surface area (Å²) in [5.74, 6) is -0.847. The Kier molecular flexibility index (Phi) is 3.20. The highest BCUT2D eigenvalue weighted by Gasteiger charge is 2.35. The van der Waals surface area contributed by atoms with Crippen molar-refractivity contribution in [2.75, 3.05) is 0 Å². The fourth-order valence-electron chi connectivity index (χ4n) is 2.56. The number of ketones is 1. The number of carbonyl (C=O) groups excluding carboxylic acids is 2. The fraction of sp³-hybridized carbons (Fsp3) is 0.375. The number of fused-ring (bicyclic) bond motifs is 1. The second-order valence-corrected chi connectivity index (χ2v) is 5.62. The Morgan fingerprint density at radius 3 is 2.81 bits per heavy atom. The first-order valence-corrected chi connectivity index (χ1v) is 6.84. The first-order chi connectivity index (χ1) is 9.94. The molecule has 0 aliphatic carbocycles. The molecule has 5 heteroatoms. The minimum absolute atomic E-state index is 0.0241. The standard InChI is InChI=1S/C16H16O5/c1-16(2)20-13-5-3-4-10(14(13)15(18)21-16)8-12-9-11(17)6-7-19-12/h3-7,12H,8-9H2,1-2H3. The molecule has 0 saturated carbocycles. The van der Waals surface area contributed by atoms with E-state index in [1.165, 1.54) is 12.3 Å². The monoisotopic (exact) mass is 288 g/mol. The van der Waals surface area contributed by atoms with Gasteiger partial charge in [-0.2, -0.15) is 0 Å². The number of rotatable bonds is 2. The van der Waals surface area contributed by atoms with Crippen molar-refractivity contribution in [2.45, 2.75) is 38.6 Å². The van der Waals surface area contributed by atoms with E-state index in [-0.39, 0.29) is 11.9 Å².